The van der Waals surface area contributed by atoms with Crippen molar-refractivity contribution in [3.63, 3.8) is 0 Å². The van der Waals surface area contributed by atoms with E-state index in [1.54, 1.807) is 39.0 Å². The van der Waals surface area contributed by atoms with Crippen molar-refractivity contribution in [1.29, 1.82) is 0 Å². The third-order valence-corrected chi connectivity index (χ3v) is 9.89. The summed E-state index contributed by atoms with van der Waals surface area (Å²) in [6.07, 6.45) is -0.557. The molecule has 4 amide bonds. The minimum atomic E-state index is -1.48. The molecular formula is C41H48Cl2N4O8. The largest absolute Gasteiger partial charge is 0.450 e. The SMILES string of the molecule is CCCCOC(=O)NCC(=O)CCN(Cc1cc(Cl)cc(Cl)c1)C(=O)C1(NC(=O)OCC2c3ccccc3-c3ccccc32)CC1CNC(=O)OC(C)(C)C. The third kappa shape index (κ3) is 11.1. The molecule has 2 unspecified atom stereocenters. The maximum atomic E-state index is 14.7. The lowest BCUT2D eigenvalue weighted by molar-refractivity contribution is -0.136. The average Bonchev–Trinajstić information content (AvgIpc) is 3.73. The lowest BCUT2D eigenvalue weighted by Crippen LogP contribution is -2.53. The van der Waals surface area contributed by atoms with Crippen molar-refractivity contribution in [2.24, 2.45) is 5.92 Å². The van der Waals surface area contributed by atoms with E-state index >= 15 is 0 Å². The Hall–Kier alpha value is -4.81. The number of halogens is 2. The number of rotatable bonds is 16. The summed E-state index contributed by atoms with van der Waals surface area (Å²) in [5.74, 6) is -1.57. The first-order valence-electron chi connectivity index (χ1n) is 18.5. The number of hydrogen-bond donors (Lipinski definition) is 3. The van der Waals surface area contributed by atoms with E-state index in [1.165, 1.54) is 4.90 Å². The van der Waals surface area contributed by atoms with Crippen LogP contribution >= 0.6 is 23.2 Å². The number of amides is 4. The Balaban J connectivity index is 1.34. The highest BCUT2D eigenvalue weighted by Gasteiger charge is 2.62. The van der Waals surface area contributed by atoms with Gasteiger partial charge in [-0.05, 0) is 79.6 Å². The Morgan fingerprint density at radius 2 is 1.49 bits per heavy atom. The fourth-order valence-corrected chi connectivity index (χ4v) is 7.29. The maximum Gasteiger partial charge on any atom is 0.408 e. The molecule has 12 nitrogen and oxygen atoms in total. The Labute approximate surface area is 331 Å². The number of alkyl carbamates (subject to hydrolysis) is 3. The molecule has 0 spiro atoms. The number of ketones is 1. The van der Waals surface area contributed by atoms with Crippen molar-refractivity contribution in [1.82, 2.24) is 20.9 Å². The summed E-state index contributed by atoms with van der Waals surface area (Å²) in [5.41, 5.74) is 2.58. The molecule has 2 atom stereocenters. The van der Waals surface area contributed by atoms with Gasteiger partial charge in [0.1, 0.15) is 17.7 Å². The monoisotopic (exact) mass is 794 g/mol. The van der Waals surface area contributed by atoms with Gasteiger partial charge in [0.15, 0.2) is 5.78 Å². The molecule has 3 N–H and O–H groups in total. The molecule has 3 aromatic rings. The summed E-state index contributed by atoms with van der Waals surface area (Å²) in [4.78, 5) is 67.4. The Kier molecular flexibility index (Phi) is 13.7. The van der Waals surface area contributed by atoms with Crippen LogP contribution in [0.1, 0.15) is 76.0 Å². The molecule has 3 aromatic carbocycles. The molecule has 294 valence electrons. The van der Waals surface area contributed by atoms with E-state index in [2.05, 4.69) is 16.0 Å². The zero-order chi connectivity index (χ0) is 39.8. The average molecular weight is 796 g/mol. The molecule has 14 heteroatoms. The van der Waals surface area contributed by atoms with E-state index in [-0.39, 0.29) is 63.9 Å². The minimum absolute atomic E-state index is 0.000778. The quantitative estimate of drug-likeness (QED) is 0.0989. The van der Waals surface area contributed by atoms with Crippen LogP contribution in [0.3, 0.4) is 0 Å². The second-order valence-corrected chi connectivity index (χ2v) is 15.7. The van der Waals surface area contributed by atoms with Crippen molar-refractivity contribution in [3.05, 3.63) is 93.5 Å². The number of unbranched alkanes of at least 4 members (excludes halogenated alkanes) is 1. The van der Waals surface area contributed by atoms with Crippen molar-refractivity contribution in [2.75, 3.05) is 32.8 Å². The number of nitrogens with zero attached hydrogens (tertiary/aromatic N) is 1. The second-order valence-electron chi connectivity index (χ2n) is 14.8. The molecule has 0 aliphatic heterocycles. The Morgan fingerprint density at radius 1 is 0.855 bits per heavy atom. The normalized spacial score (nSPS) is 16.9. The molecular weight excluding hydrogens is 747 g/mol. The molecule has 0 saturated heterocycles. The van der Waals surface area contributed by atoms with E-state index in [0.717, 1.165) is 28.7 Å². The third-order valence-electron chi connectivity index (χ3n) is 9.45. The number of hydrogen-bond acceptors (Lipinski definition) is 8. The molecule has 2 aliphatic carbocycles. The second kappa shape index (κ2) is 18.2. The van der Waals surface area contributed by atoms with Crippen LogP contribution in [0.25, 0.3) is 11.1 Å². The van der Waals surface area contributed by atoms with E-state index in [1.807, 2.05) is 55.5 Å². The first kappa shape index (κ1) is 41.4. The minimum Gasteiger partial charge on any atom is -0.450 e. The van der Waals surface area contributed by atoms with Crippen LogP contribution in [-0.4, -0.2) is 78.9 Å². The van der Waals surface area contributed by atoms with Crippen molar-refractivity contribution in [3.8, 4) is 11.1 Å². The predicted octanol–water partition coefficient (Wildman–Crippen LogP) is 7.63. The number of carbonyl (C=O) groups is 5. The number of fused-ring (bicyclic) bond motifs is 3. The molecule has 0 radical (unpaired) electrons. The van der Waals surface area contributed by atoms with E-state index in [4.69, 9.17) is 37.4 Å². The first-order chi connectivity index (χ1) is 26.2. The molecule has 2 aliphatic rings. The molecule has 0 bridgehead atoms. The smallest absolute Gasteiger partial charge is 0.408 e. The highest BCUT2D eigenvalue weighted by atomic mass is 35.5. The van der Waals surface area contributed by atoms with Gasteiger partial charge in [-0.1, -0.05) is 85.1 Å². The summed E-state index contributed by atoms with van der Waals surface area (Å²) in [6, 6.07) is 20.8. The van der Waals surface area contributed by atoms with Gasteiger partial charge in [-0.2, -0.15) is 0 Å². The standard InChI is InChI=1S/C41H48Cl2N4O8/c1-5-6-17-53-37(50)45-23-30(48)15-16-47(24-26-18-28(42)20-29(43)19-26)36(49)41(21-27(41)22-44-38(51)55-40(2,3)4)46-39(52)54-25-35-33-13-9-7-11-31(33)32-12-8-10-14-34(32)35/h7-14,18-20,27,35H,5-6,15-17,21-25H2,1-4H3,(H,44,51)(H,45,50)(H,46,52). The van der Waals surface area contributed by atoms with E-state index in [9.17, 15) is 24.0 Å². The first-order valence-corrected chi connectivity index (χ1v) is 19.2. The number of ether oxygens (including phenoxy) is 3. The van der Waals surface area contributed by atoms with Gasteiger partial charge in [-0.15, -0.1) is 0 Å². The number of carbonyl (C=O) groups excluding carboxylic acids is 5. The van der Waals surface area contributed by atoms with Crippen LogP contribution in [0.15, 0.2) is 66.7 Å². The van der Waals surface area contributed by atoms with Crippen LogP contribution in [0.4, 0.5) is 14.4 Å². The van der Waals surface area contributed by atoms with Gasteiger partial charge in [-0.25, -0.2) is 14.4 Å². The molecule has 1 saturated carbocycles. The highest BCUT2D eigenvalue weighted by Crippen LogP contribution is 2.46. The van der Waals surface area contributed by atoms with Gasteiger partial charge < -0.3 is 35.1 Å². The predicted molar refractivity (Wildman–Crippen MR) is 209 cm³/mol. The number of Topliss-reactive ketones (excluding diaryl/α,β-unsaturated/α-hetero) is 1. The lowest BCUT2D eigenvalue weighted by Gasteiger charge is -2.29. The van der Waals surface area contributed by atoms with Crippen LogP contribution < -0.4 is 16.0 Å². The maximum absolute atomic E-state index is 14.7. The van der Waals surface area contributed by atoms with Crippen LogP contribution in [0.2, 0.25) is 10.0 Å². The number of nitrogens with one attached hydrogen (secondary N) is 3. The lowest BCUT2D eigenvalue weighted by atomic mass is 9.98. The van der Waals surface area contributed by atoms with Gasteiger partial charge in [0.25, 0.3) is 0 Å². The summed E-state index contributed by atoms with van der Waals surface area (Å²) < 4.78 is 16.3. The summed E-state index contributed by atoms with van der Waals surface area (Å²) in [6.45, 7) is 7.11. The van der Waals surface area contributed by atoms with Crippen LogP contribution in [0, 0.1) is 5.92 Å². The van der Waals surface area contributed by atoms with Crippen molar-refractivity contribution in [2.45, 2.75) is 77.0 Å². The van der Waals surface area contributed by atoms with Crippen LogP contribution in [0.5, 0.6) is 0 Å². The molecule has 0 heterocycles. The van der Waals surface area contributed by atoms with E-state index in [0.29, 0.717) is 22.0 Å². The van der Waals surface area contributed by atoms with Gasteiger partial charge in [0.05, 0.1) is 13.2 Å². The summed E-state index contributed by atoms with van der Waals surface area (Å²) >= 11 is 12.6. The van der Waals surface area contributed by atoms with Gasteiger partial charge in [0.2, 0.25) is 5.91 Å². The zero-order valence-electron chi connectivity index (χ0n) is 31.5. The van der Waals surface area contributed by atoms with Gasteiger partial charge in [0, 0.05) is 47.9 Å². The van der Waals surface area contributed by atoms with Gasteiger partial charge >= 0.3 is 18.3 Å². The van der Waals surface area contributed by atoms with Gasteiger partial charge in [-0.3, -0.25) is 9.59 Å². The topological polar surface area (TPSA) is 152 Å². The fourth-order valence-electron chi connectivity index (χ4n) is 6.72. The Bertz CT molecular complexity index is 1830. The van der Waals surface area contributed by atoms with E-state index < -0.39 is 41.2 Å². The molecule has 0 aromatic heterocycles. The molecule has 1 fully saturated rings. The fraction of sp³-hybridized carbons (Fsp3) is 0.439. The van der Waals surface area contributed by atoms with Crippen LogP contribution in [-0.2, 0) is 30.3 Å². The highest BCUT2D eigenvalue weighted by molar-refractivity contribution is 6.34. The number of benzene rings is 3. The van der Waals surface area contributed by atoms with Crippen molar-refractivity contribution >= 4 is 53.2 Å². The molecule has 5 rings (SSSR count). The summed E-state index contributed by atoms with van der Waals surface area (Å²) in [5, 5.41) is 8.73. The molecule has 55 heavy (non-hydrogen) atoms. The Morgan fingerprint density at radius 3 is 2.11 bits per heavy atom. The van der Waals surface area contributed by atoms with Crippen molar-refractivity contribution < 1.29 is 38.2 Å². The summed E-state index contributed by atoms with van der Waals surface area (Å²) in [7, 11) is 0. The zero-order valence-corrected chi connectivity index (χ0v) is 33.1.